The van der Waals surface area contributed by atoms with Crippen molar-refractivity contribution in [3.8, 4) is 0 Å². The number of allylic oxidation sites excluding steroid dienone is 1. The third-order valence-corrected chi connectivity index (χ3v) is 1.95. The van der Waals surface area contributed by atoms with Crippen LogP contribution in [0.3, 0.4) is 0 Å². The first-order valence-electron chi connectivity index (χ1n) is 4.66. The second-order valence-corrected chi connectivity index (χ2v) is 3.25. The van der Waals surface area contributed by atoms with Crippen LogP contribution in [0.1, 0.15) is 12.5 Å². The molecular weight excluding hydrogens is 158 g/mol. The van der Waals surface area contributed by atoms with E-state index in [1.165, 1.54) is 5.56 Å². The van der Waals surface area contributed by atoms with Crippen LogP contribution in [0.4, 0.5) is 0 Å². The molecule has 0 radical (unpaired) electrons. The number of nitrogens with zero attached hydrogens (tertiary/aromatic N) is 1. The van der Waals surface area contributed by atoms with Crippen molar-refractivity contribution in [1.82, 2.24) is 4.90 Å². The SMILES string of the molecule is CC=CCN(C)Cc1ccccc1. The summed E-state index contributed by atoms with van der Waals surface area (Å²) in [5, 5.41) is 0. The average Bonchev–Trinajstić information content (AvgIpc) is 2.16. The summed E-state index contributed by atoms with van der Waals surface area (Å²) in [7, 11) is 2.13. The molecule has 1 rings (SSSR count). The van der Waals surface area contributed by atoms with E-state index in [0.717, 1.165) is 13.1 Å². The predicted molar refractivity (Wildman–Crippen MR) is 57.6 cm³/mol. The fraction of sp³-hybridized carbons (Fsp3) is 0.333. The second kappa shape index (κ2) is 5.55. The summed E-state index contributed by atoms with van der Waals surface area (Å²) in [5.74, 6) is 0. The van der Waals surface area contributed by atoms with Gasteiger partial charge in [0.25, 0.3) is 0 Å². The predicted octanol–water partition coefficient (Wildman–Crippen LogP) is 2.69. The Kier molecular flexibility index (Phi) is 4.27. The van der Waals surface area contributed by atoms with Crippen LogP contribution >= 0.6 is 0 Å². The van der Waals surface area contributed by atoms with Gasteiger partial charge in [-0.15, -0.1) is 0 Å². The molecule has 1 heteroatoms. The molecule has 0 spiro atoms. The van der Waals surface area contributed by atoms with E-state index in [1.54, 1.807) is 0 Å². The lowest BCUT2D eigenvalue weighted by Crippen LogP contribution is -2.17. The van der Waals surface area contributed by atoms with Crippen LogP contribution in [0.25, 0.3) is 0 Å². The highest BCUT2D eigenvalue weighted by molar-refractivity contribution is 5.14. The van der Waals surface area contributed by atoms with Crippen molar-refractivity contribution in [2.45, 2.75) is 13.5 Å². The largest absolute Gasteiger partial charge is 0.298 e. The van der Waals surface area contributed by atoms with Crippen LogP contribution in [0.15, 0.2) is 42.5 Å². The number of hydrogen-bond acceptors (Lipinski definition) is 1. The van der Waals surface area contributed by atoms with Gasteiger partial charge in [-0.25, -0.2) is 0 Å². The Morgan fingerprint density at radius 3 is 2.54 bits per heavy atom. The first kappa shape index (κ1) is 10.0. The summed E-state index contributed by atoms with van der Waals surface area (Å²) in [6.07, 6.45) is 4.25. The molecule has 0 heterocycles. The van der Waals surface area contributed by atoms with Gasteiger partial charge in [0.2, 0.25) is 0 Å². The molecule has 0 aliphatic rings. The van der Waals surface area contributed by atoms with E-state index in [1.807, 2.05) is 0 Å². The first-order chi connectivity index (χ1) is 6.33. The standard InChI is InChI=1S/C12H17N/c1-3-4-10-13(2)11-12-8-6-5-7-9-12/h3-9H,10-11H2,1-2H3. The number of rotatable bonds is 4. The molecule has 0 aromatic heterocycles. The minimum absolute atomic E-state index is 1.02. The second-order valence-electron chi connectivity index (χ2n) is 3.25. The third-order valence-electron chi connectivity index (χ3n) is 1.95. The molecule has 0 atom stereocenters. The number of hydrogen-bond donors (Lipinski definition) is 0. The number of benzene rings is 1. The van der Waals surface area contributed by atoms with Crippen molar-refractivity contribution in [3.63, 3.8) is 0 Å². The van der Waals surface area contributed by atoms with E-state index in [9.17, 15) is 0 Å². The zero-order chi connectivity index (χ0) is 9.52. The van der Waals surface area contributed by atoms with Gasteiger partial charge in [-0.05, 0) is 19.5 Å². The van der Waals surface area contributed by atoms with Gasteiger partial charge in [0.15, 0.2) is 0 Å². The van der Waals surface area contributed by atoms with E-state index in [4.69, 9.17) is 0 Å². The van der Waals surface area contributed by atoms with Crippen molar-refractivity contribution >= 4 is 0 Å². The Labute approximate surface area is 80.7 Å². The zero-order valence-electron chi connectivity index (χ0n) is 8.40. The van der Waals surface area contributed by atoms with Gasteiger partial charge in [-0.2, -0.15) is 0 Å². The van der Waals surface area contributed by atoms with Crippen LogP contribution in [-0.4, -0.2) is 18.5 Å². The van der Waals surface area contributed by atoms with Crippen LogP contribution in [0.2, 0.25) is 0 Å². The maximum Gasteiger partial charge on any atom is 0.0233 e. The maximum atomic E-state index is 2.29. The molecule has 1 aromatic carbocycles. The summed E-state index contributed by atoms with van der Waals surface area (Å²) in [6, 6.07) is 10.5. The maximum absolute atomic E-state index is 2.29. The molecule has 0 saturated heterocycles. The normalized spacial score (nSPS) is 11.3. The van der Waals surface area contributed by atoms with E-state index in [0.29, 0.717) is 0 Å². The highest BCUT2D eigenvalue weighted by Crippen LogP contribution is 2.01. The molecule has 0 amide bonds. The van der Waals surface area contributed by atoms with Crippen LogP contribution in [-0.2, 0) is 6.54 Å². The molecule has 13 heavy (non-hydrogen) atoms. The van der Waals surface area contributed by atoms with E-state index < -0.39 is 0 Å². The Balaban J connectivity index is 2.40. The fourth-order valence-electron chi connectivity index (χ4n) is 1.24. The Morgan fingerprint density at radius 1 is 1.23 bits per heavy atom. The molecule has 0 aliphatic heterocycles. The van der Waals surface area contributed by atoms with Crippen LogP contribution in [0, 0.1) is 0 Å². The van der Waals surface area contributed by atoms with E-state index in [2.05, 4.69) is 61.4 Å². The summed E-state index contributed by atoms with van der Waals surface area (Å²) in [4.78, 5) is 2.29. The van der Waals surface area contributed by atoms with Gasteiger partial charge in [0, 0.05) is 13.1 Å². The third kappa shape index (κ3) is 3.90. The van der Waals surface area contributed by atoms with Crippen molar-refractivity contribution in [2.75, 3.05) is 13.6 Å². The fourth-order valence-corrected chi connectivity index (χ4v) is 1.24. The van der Waals surface area contributed by atoms with Gasteiger partial charge >= 0.3 is 0 Å². The van der Waals surface area contributed by atoms with Crippen molar-refractivity contribution in [2.24, 2.45) is 0 Å². The van der Waals surface area contributed by atoms with Crippen molar-refractivity contribution < 1.29 is 0 Å². The van der Waals surface area contributed by atoms with Crippen LogP contribution < -0.4 is 0 Å². The summed E-state index contributed by atoms with van der Waals surface area (Å²) < 4.78 is 0. The smallest absolute Gasteiger partial charge is 0.0233 e. The molecule has 0 N–H and O–H groups in total. The molecule has 0 saturated carbocycles. The zero-order valence-corrected chi connectivity index (χ0v) is 8.40. The molecule has 0 fully saturated rings. The van der Waals surface area contributed by atoms with E-state index in [-0.39, 0.29) is 0 Å². The minimum atomic E-state index is 1.02. The highest BCUT2D eigenvalue weighted by atomic mass is 15.1. The molecule has 1 nitrogen and oxygen atoms in total. The molecule has 0 unspecified atom stereocenters. The molecule has 70 valence electrons. The monoisotopic (exact) mass is 175 g/mol. The highest BCUT2D eigenvalue weighted by Gasteiger charge is 1.95. The van der Waals surface area contributed by atoms with E-state index >= 15 is 0 Å². The Morgan fingerprint density at radius 2 is 1.92 bits per heavy atom. The molecular formula is C12H17N. The average molecular weight is 175 g/mol. The van der Waals surface area contributed by atoms with Gasteiger partial charge in [-0.3, -0.25) is 4.90 Å². The van der Waals surface area contributed by atoms with Gasteiger partial charge < -0.3 is 0 Å². The van der Waals surface area contributed by atoms with Gasteiger partial charge in [-0.1, -0.05) is 42.5 Å². The summed E-state index contributed by atoms with van der Waals surface area (Å²) in [5.41, 5.74) is 1.37. The Bertz CT molecular complexity index is 251. The molecule has 0 aliphatic carbocycles. The van der Waals surface area contributed by atoms with Crippen LogP contribution in [0.5, 0.6) is 0 Å². The lowest BCUT2D eigenvalue weighted by molar-refractivity contribution is 0.363. The number of likely N-dealkylation sites (N-methyl/N-ethyl adjacent to an activating group) is 1. The molecule has 1 aromatic rings. The summed E-state index contributed by atoms with van der Waals surface area (Å²) in [6.45, 7) is 4.09. The lowest BCUT2D eigenvalue weighted by atomic mass is 10.2. The van der Waals surface area contributed by atoms with Gasteiger partial charge in [0.1, 0.15) is 0 Å². The first-order valence-corrected chi connectivity index (χ1v) is 4.66. The van der Waals surface area contributed by atoms with Crippen molar-refractivity contribution in [1.29, 1.82) is 0 Å². The minimum Gasteiger partial charge on any atom is -0.298 e. The topological polar surface area (TPSA) is 3.24 Å². The summed E-state index contributed by atoms with van der Waals surface area (Å²) >= 11 is 0. The quantitative estimate of drug-likeness (QED) is 0.636. The Hall–Kier alpha value is -1.08. The van der Waals surface area contributed by atoms with Crippen molar-refractivity contribution in [3.05, 3.63) is 48.0 Å². The molecule has 0 bridgehead atoms. The van der Waals surface area contributed by atoms with Gasteiger partial charge in [0.05, 0.1) is 0 Å². The lowest BCUT2D eigenvalue weighted by Gasteiger charge is -2.13.